The summed E-state index contributed by atoms with van der Waals surface area (Å²) in [5.41, 5.74) is 1.27. The van der Waals surface area contributed by atoms with E-state index in [2.05, 4.69) is 32.9 Å². The predicted molar refractivity (Wildman–Crippen MR) is 70.5 cm³/mol. The lowest BCUT2D eigenvalue weighted by Crippen LogP contribution is -2.07. The van der Waals surface area contributed by atoms with Gasteiger partial charge >= 0.3 is 0 Å². The van der Waals surface area contributed by atoms with E-state index in [1.165, 1.54) is 5.56 Å². The van der Waals surface area contributed by atoms with Crippen molar-refractivity contribution in [1.82, 2.24) is 0 Å². The van der Waals surface area contributed by atoms with E-state index in [-0.39, 0.29) is 0 Å². The molecule has 1 aromatic carbocycles. The number of para-hydroxylation sites is 1. The molecule has 0 saturated heterocycles. The van der Waals surface area contributed by atoms with E-state index in [1.807, 2.05) is 12.1 Å². The predicted octanol–water partition coefficient (Wildman–Crippen LogP) is 4.45. The van der Waals surface area contributed by atoms with Crippen molar-refractivity contribution in [2.75, 3.05) is 12.5 Å². The molecule has 1 nitrogen and oxygen atoms in total. The molecule has 0 amide bonds. The standard InChI is InChI=1S/C14H21ClO/c1-11(2)10-16-14-7-5-4-6-13(14)12(3)8-9-15/h4-7,11-12H,8-10H2,1-3H3. The van der Waals surface area contributed by atoms with E-state index < -0.39 is 0 Å². The minimum Gasteiger partial charge on any atom is -0.493 e. The number of ether oxygens (including phenoxy) is 1. The molecule has 0 bridgehead atoms. The Morgan fingerprint density at radius 1 is 1.19 bits per heavy atom. The summed E-state index contributed by atoms with van der Waals surface area (Å²) >= 11 is 5.79. The van der Waals surface area contributed by atoms with E-state index in [0.29, 0.717) is 17.7 Å². The molecule has 0 N–H and O–H groups in total. The Labute approximate surface area is 104 Å². The van der Waals surface area contributed by atoms with Crippen LogP contribution in [0.1, 0.15) is 38.7 Å². The van der Waals surface area contributed by atoms with Crippen LogP contribution in [0.15, 0.2) is 24.3 Å². The van der Waals surface area contributed by atoms with Gasteiger partial charge in [-0.15, -0.1) is 11.6 Å². The quantitative estimate of drug-likeness (QED) is 0.668. The largest absolute Gasteiger partial charge is 0.493 e. The molecule has 90 valence electrons. The topological polar surface area (TPSA) is 9.23 Å². The molecule has 0 aliphatic heterocycles. The van der Waals surface area contributed by atoms with Crippen LogP contribution in [0.3, 0.4) is 0 Å². The van der Waals surface area contributed by atoms with Crippen molar-refractivity contribution in [3.8, 4) is 5.75 Å². The molecule has 0 aliphatic carbocycles. The van der Waals surface area contributed by atoms with Crippen LogP contribution in [0.5, 0.6) is 5.75 Å². The molecule has 0 spiro atoms. The summed E-state index contributed by atoms with van der Waals surface area (Å²) in [6, 6.07) is 8.25. The lowest BCUT2D eigenvalue weighted by atomic mass is 9.98. The molecule has 0 radical (unpaired) electrons. The summed E-state index contributed by atoms with van der Waals surface area (Å²) in [6.07, 6.45) is 0.990. The van der Waals surface area contributed by atoms with Crippen LogP contribution in [-0.4, -0.2) is 12.5 Å². The third-order valence-electron chi connectivity index (χ3n) is 2.56. The van der Waals surface area contributed by atoms with E-state index in [9.17, 15) is 0 Å². The highest BCUT2D eigenvalue weighted by Gasteiger charge is 2.10. The Balaban J connectivity index is 2.74. The van der Waals surface area contributed by atoms with Crippen molar-refractivity contribution in [2.45, 2.75) is 33.1 Å². The van der Waals surface area contributed by atoms with E-state index in [1.54, 1.807) is 0 Å². The lowest BCUT2D eigenvalue weighted by molar-refractivity contribution is 0.267. The smallest absolute Gasteiger partial charge is 0.122 e. The molecular weight excluding hydrogens is 220 g/mol. The molecule has 0 fully saturated rings. The Morgan fingerprint density at radius 2 is 1.88 bits per heavy atom. The van der Waals surface area contributed by atoms with Gasteiger partial charge in [-0.2, -0.15) is 0 Å². The maximum atomic E-state index is 5.82. The molecule has 0 heterocycles. The molecule has 16 heavy (non-hydrogen) atoms. The zero-order valence-corrected chi connectivity index (χ0v) is 11.1. The van der Waals surface area contributed by atoms with E-state index in [0.717, 1.165) is 18.8 Å². The van der Waals surface area contributed by atoms with Gasteiger partial charge in [0.2, 0.25) is 0 Å². The van der Waals surface area contributed by atoms with Gasteiger partial charge in [-0.05, 0) is 29.9 Å². The van der Waals surface area contributed by atoms with Gasteiger partial charge in [-0.3, -0.25) is 0 Å². The number of halogens is 1. The maximum absolute atomic E-state index is 5.82. The van der Waals surface area contributed by atoms with Gasteiger partial charge in [-0.25, -0.2) is 0 Å². The second-order valence-electron chi connectivity index (χ2n) is 4.62. The first-order valence-corrected chi connectivity index (χ1v) is 6.46. The third kappa shape index (κ3) is 4.05. The number of rotatable bonds is 6. The number of hydrogen-bond donors (Lipinski definition) is 0. The van der Waals surface area contributed by atoms with Crippen LogP contribution < -0.4 is 4.74 Å². The fourth-order valence-corrected chi connectivity index (χ4v) is 1.92. The molecule has 1 rings (SSSR count). The lowest BCUT2D eigenvalue weighted by Gasteiger charge is -2.17. The maximum Gasteiger partial charge on any atom is 0.122 e. The second kappa shape index (κ2) is 6.80. The van der Waals surface area contributed by atoms with Crippen molar-refractivity contribution in [2.24, 2.45) is 5.92 Å². The van der Waals surface area contributed by atoms with Gasteiger partial charge in [0.05, 0.1) is 6.61 Å². The van der Waals surface area contributed by atoms with Gasteiger partial charge in [0.25, 0.3) is 0 Å². The number of benzene rings is 1. The van der Waals surface area contributed by atoms with Crippen LogP contribution >= 0.6 is 11.6 Å². The summed E-state index contributed by atoms with van der Waals surface area (Å²) in [5.74, 6) is 2.71. The van der Waals surface area contributed by atoms with E-state index >= 15 is 0 Å². The molecular formula is C14H21ClO. The summed E-state index contributed by atoms with van der Waals surface area (Å²) in [5, 5.41) is 0. The Kier molecular flexibility index (Phi) is 5.68. The normalized spacial score (nSPS) is 12.8. The first-order chi connectivity index (χ1) is 7.65. The SMILES string of the molecule is CC(C)COc1ccccc1C(C)CCCl. The molecule has 0 aromatic heterocycles. The molecule has 0 saturated carbocycles. The van der Waals surface area contributed by atoms with Crippen LogP contribution in [0.25, 0.3) is 0 Å². The fraction of sp³-hybridized carbons (Fsp3) is 0.571. The van der Waals surface area contributed by atoms with Crippen molar-refractivity contribution >= 4 is 11.6 Å². The van der Waals surface area contributed by atoms with Crippen molar-refractivity contribution in [3.63, 3.8) is 0 Å². The van der Waals surface area contributed by atoms with Crippen molar-refractivity contribution in [3.05, 3.63) is 29.8 Å². The molecule has 0 aliphatic rings. The highest BCUT2D eigenvalue weighted by atomic mass is 35.5. The summed E-state index contributed by atoms with van der Waals surface area (Å²) in [4.78, 5) is 0. The summed E-state index contributed by atoms with van der Waals surface area (Å²) in [7, 11) is 0. The van der Waals surface area contributed by atoms with E-state index in [4.69, 9.17) is 16.3 Å². The molecule has 2 heteroatoms. The van der Waals surface area contributed by atoms with Gasteiger partial charge in [0, 0.05) is 5.88 Å². The average Bonchev–Trinajstić information content (AvgIpc) is 2.27. The van der Waals surface area contributed by atoms with Crippen LogP contribution in [0, 0.1) is 5.92 Å². The second-order valence-corrected chi connectivity index (χ2v) is 5.00. The Bertz CT molecular complexity index is 309. The third-order valence-corrected chi connectivity index (χ3v) is 2.78. The van der Waals surface area contributed by atoms with Crippen LogP contribution in [0.4, 0.5) is 0 Å². The first kappa shape index (κ1) is 13.4. The molecule has 1 aromatic rings. The summed E-state index contributed by atoms with van der Waals surface area (Å²) < 4.78 is 5.82. The van der Waals surface area contributed by atoms with Gasteiger partial charge in [-0.1, -0.05) is 39.0 Å². The Morgan fingerprint density at radius 3 is 2.50 bits per heavy atom. The average molecular weight is 241 g/mol. The minimum absolute atomic E-state index is 0.459. The highest BCUT2D eigenvalue weighted by molar-refractivity contribution is 6.17. The zero-order chi connectivity index (χ0) is 12.0. The van der Waals surface area contributed by atoms with Gasteiger partial charge in [0.1, 0.15) is 5.75 Å². The number of hydrogen-bond acceptors (Lipinski definition) is 1. The van der Waals surface area contributed by atoms with Crippen molar-refractivity contribution < 1.29 is 4.74 Å². The van der Waals surface area contributed by atoms with Gasteiger partial charge in [0.15, 0.2) is 0 Å². The molecule has 1 atom stereocenters. The van der Waals surface area contributed by atoms with Crippen LogP contribution in [-0.2, 0) is 0 Å². The minimum atomic E-state index is 0.459. The fourth-order valence-electron chi connectivity index (χ4n) is 1.59. The van der Waals surface area contributed by atoms with Crippen LogP contribution in [0.2, 0.25) is 0 Å². The van der Waals surface area contributed by atoms with Crippen molar-refractivity contribution in [1.29, 1.82) is 0 Å². The number of alkyl halides is 1. The molecule has 1 unspecified atom stereocenters. The Hall–Kier alpha value is -0.690. The summed E-state index contributed by atoms with van der Waals surface area (Å²) in [6.45, 7) is 7.28. The first-order valence-electron chi connectivity index (χ1n) is 5.92. The zero-order valence-electron chi connectivity index (χ0n) is 10.4. The van der Waals surface area contributed by atoms with Gasteiger partial charge < -0.3 is 4.74 Å². The highest BCUT2D eigenvalue weighted by Crippen LogP contribution is 2.29. The monoisotopic (exact) mass is 240 g/mol.